The van der Waals surface area contributed by atoms with Gasteiger partial charge in [0.25, 0.3) is 5.91 Å². The lowest BCUT2D eigenvalue weighted by Gasteiger charge is -2.08. The molecule has 0 bridgehead atoms. The molecule has 0 saturated heterocycles. The molecule has 0 aliphatic carbocycles. The van der Waals surface area contributed by atoms with Crippen LogP contribution in [-0.2, 0) is 6.54 Å². The van der Waals surface area contributed by atoms with Crippen LogP contribution in [-0.4, -0.2) is 20.3 Å². The minimum atomic E-state index is -0.418. The lowest BCUT2D eigenvalue weighted by atomic mass is 10.1. The van der Waals surface area contributed by atoms with Crippen molar-refractivity contribution < 1.29 is 9.18 Å². The highest BCUT2D eigenvalue weighted by atomic mass is 19.1. The van der Waals surface area contributed by atoms with E-state index < -0.39 is 11.7 Å². The molecule has 0 unspecified atom stereocenters. The number of hydrogen-bond acceptors (Lipinski definition) is 2. The van der Waals surface area contributed by atoms with Gasteiger partial charge in [-0.2, -0.15) is 10.1 Å². The van der Waals surface area contributed by atoms with Gasteiger partial charge in [0.05, 0.1) is 17.5 Å². The number of benzene rings is 2. The molecule has 6 heteroatoms. The molecule has 0 aliphatic rings. The topological polar surface area (TPSA) is 52.2 Å². The Morgan fingerprint density at radius 3 is 2.50 bits per heavy atom. The Balaban J connectivity index is 1.67. The third kappa shape index (κ3) is 3.98. The molecule has 0 N–H and O–H groups in total. The van der Waals surface area contributed by atoms with E-state index in [1.807, 2.05) is 29.8 Å². The predicted octanol–water partition coefficient (Wildman–Crippen LogP) is 4.22. The highest BCUT2D eigenvalue weighted by molar-refractivity contribution is 5.95. The van der Waals surface area contributed by atoms with Gasteiger partial charge in [-0.25, -0.2) is 9.07 Å². The second-order valence-electron chi connectivity index (χ2n) is 7.10. The van der Waals surface area contributed by atoms with E-state index in [1.165, 1.54) is 22.5 Å². The Hall–Kier alpha value is -3.80. The first-order chi connectivity index (χ1) is 14.5. The molecule has 4 rings (SSSR count). The summed E-state index contributed by atoms with van der Waals surface area (Å²) >= 11 is 0. The first-order valence-electron chi connectivity index (χ1n) is 9.62. The van der Waals surface area contributed by atoms with Crippen LogP contribution in [0.4, 0.5) is 4.39 Å². The van der Waals surface area contributed by atoms with Crippen molar-refractivity contribution in [2.45, 2.75) is 20.4 Å². The molecule has 0 spiro atoms. The monoisotopic (exact) mass is 400 g/mol. The van der Waals surface area contributed by atoms with Gasteiger partial charge in [-0.3, -0.25) is 4.79 Å². The van der Waals surface area contributed by atoms with Crippen LogP contribution < -0.4 is 5.49 Å². The highest BCUT2D eigenvalue weighted by Gasteiger charge is 2.16. The molecule has 30 heavy (non-hydrogen) atoms. The van der Waals surface area contributed by atoms with Crippen molar-refractivity contribution in [1.29, 1.82) is 0 Å². The SMILES string of the molecule is Cc1ccc(Cn2ccccc2=NC(=O)c2cnn(-c3ccccc3F)c2C)cc1. The number of carbonyl (C=O) groups excluding carboxylic acids is 1. The molecule has 2 heterocycles. The number of carbonyl (C=O) groups is 1. The zero-order chi connectivity index (χ0) is 21.1. The van der Waals surface area contributed by atoms with Crippen molar-refractivity contribution in [2.75, 3.05) is 0 Å². The molecule has 0 radical (unpaired) electrons. The summed E-state index contributed by atoms with van der Waals surface area (Å²) < 4.78 is 17.5. The van der Waals surface area contributed by atoms with Crippen molar-refractivity contribution in [2.24, 2.45) is 4.99 Å². The second kappa shape index (κ2) is 8.29. The fourth-order valence-electron chi connectivity index (χ4n) is 3.24. The smallest absolute Gasteiger partial charge is 0.282 e. The lowest BCUT2D eigenvalue weighted by Crippen LogP contribution is -2.22. The number of aryl methyl sites for hydroxylation is 1. The van der Waals surface area contributed by atoms with E-state index in [0.29, 0.717) is 29.0 Å². The Labute approximate surface area is 173 Å². The Morgan fingerprint density at radius 1 is 1.00 bits per heavy atom. The van der Waals surface area contributed by atoms with Gasteiger partial charge in [-0.1, -0.05) is 48.0 Å². The summed E-state index contributed by atoms with van der Waals surface area (Å²) in [4.78, 5) is 17.2. The number of aromatic nitrogens is 3. The number of hydrogen-bond donors (Lipinski definition) is 0. The molecule has 2 aromatic carbocycles. The van der Waals surface area contributed by atoms with Gasteiger partial charge in [0, 0.05) is 12.7 Å². The van der Waals surface area contributed by atoms with E-state index in [0.717, 1.165) is 5.56 Å². The van der Waals surface area contributed by atoms with E-state index in [1.54, 1.807) is 31.2 Å². The number of nitrogens with zero attached hydrogens (tertiary/aromatic N) is 4. The number of rotatable bonds is 4. The molecular formula is C24H21FN4O. The summed E-state index contributed by atoms with van der Waals surface area (Å²) in [6, 6.07) is 20.1. The fraction of sp³-hybridized carbons (Fsp3) is 0.125. The third-order valence-corrected chi connectivity index (χ3v) is 4.93. The Kier molecular flexibility index (Phi) is 5.39. The maximum absolute atomic E-state index is 14.1. The maximum atomic E-state index is 14.1. The summed E-state index contributed by atoms with van der Waals surface area (Å²) in [5.41, 5.74) is 4.02. The van der Waals surface area contributed by atoms with E-state index in [2.05, 4.69) is 34.4 Å². The van der Waals surface area contributed by atoms with Crippen molar-refractivity contribution in [3.63, 3.8) is 0 Å². The average Bonchev–Trinajstić information content (AvgIpc) is 3.13. The fourth-order valence-corrected chi connectivity index (χ4v) is 3.24. The van der Waals surface area contributed by atoms with Gasteiger partial charge in [0.15, 0.2) is 0 Å². The quantitative estimate of drug-likeness (QED) is 0.515. The molecule has 2 aromatic heterocycles. The second-order valence-corrected chi connectivity index (χ2v) is 7.10. The molecule has 0 atom stereocenters. The van der Waals surface area contributed by atoms with E-state index in [-0.39, 0.29) is 0 Å². The van der Waals surface area contributed by atoms with Crippen LogP contribution in [0.3, 0.4) is 0 Å². The van der Waals surface area contributed by atoms with Crippen LogP contribution in [0.15, 0.2) is 84.1 Å². The summed E-state index contributed by atoms with van der Waals surface area (Å²) in [5, 5.41) is 4.20. The van der Waals surface area contributed by atoms with Gasteiger partial charge < -0.3 is 4.57 Å². The zero-order valence-corrected chi connectivity index (χ0v) is 16.8. The van der Waals surface area contributed by atoms with E-state index >= 15 is 0 Å². The van der Waals surface area contributed by atoms with Crippen molar-refractivity contribution in [3.05, 3.63) is 113 Å². The first-order valence-corrected chi connectivity index (χ1v) is 9.62. The molecule has 1 amide bonds. The standard InChI is InChI=1S/C24H21FN4O/c1-17-10-12-19(13-11-17)16-28-14-6-5-9-23(28)27-24(30)20-15-26-29(18(20)2)22-8-4-3-7-21(22)25/h3-15H,16H2,1-2H3. The minimum absolute atomic E-state index is 0.295. The van der Waals surface area contributed by atoms with Gasteiger partial charge in [-0.05, 0) is 43.7 Å². The van der Waals surface area contributed by atoms with E-state index in [4.69, 9.17) is 0 Å². The van der Waals surface area contributed by atoms with Gasteiger partial charge in [0.1, 0.15) is 17.0 Å². The van der Waals surface area contributed by atoms with Crippen LogP contribution in [0.25, 0.3) is 5.69 Å². The zero-order valence-electron chi connectivity index (χ0n) is 16.8. The van der Waals surface area contributed by atoms with Crippen LogP contribution in [0.5, 0.6) is 0 Å². The van der Waals surface area contributed by atoms with Gasteiger partial charge >= 0.3 is 0 Å². The van der Waals surface area contributed by atoms with Crippen LogP contribution >= 0.6 is 0 Å². The van der Waals surface area contributed by atoms with Gasteiger partial charge in [0.2, 0.25) is 0 Å². The Bertz CT molecular complexity index is 1270. The average molecular weight is 400 g/mol. The van der Waals surface area contributed by atoms with Crippen molar-refractivity contribution in [3.8, 4) is 5.69 Å². The molecule has 0 fully saturated rings. The molecule has 150 valence electrons. The summed E-state index contributed by atoms with van der Waals surface area (Å²) in [6.07, 6.45) is 3.32. The highest BCUT2D eigenvalue weighted by Crippen LogP contribution is 2.17. The van der Waals surface area contributed by atoms with Crippen LogP contribution in [0.1, 0.15) is 27.2 Å². The van der Waals surface area contributed by atoms with Crippen molar-refractivity contribution >= 4 is 5.91 Å². The maximum Gasteiger partial charge on any atom is 0.282 e. The molecular weight excluding hydrogens is 379 g/mol. The predicted molar refractivity (Wildman–Crippen MR) is 113 cm³/mol. The largest absolute Gasteiger partial charge is 0.328 e. The Morgan fingerprint density at radius 2 is 1.73 bits per heavy atom. The van der Waals surface area contributed by atoms with E-state index in [9.17, 15) is 9.18 Å². The minimum Gasteiger partial charge on any atom is -0.328 e. The first kappa shape index (κ1) is 19.5. The van der Waals surface area contributed by atoms with Crippen LogP contribution in [0.2, 0.25) is 0 Å². The molecule has 4 aromatic rings. The normalized spacial score (nSPS) is 11.6. The van der Waals surface area contributed by atoms with Crippen LogP contribution in [0, 0.1) is 19.7 Å². The molecule has 0 aliphatic heterocycles. The third-order valence-electron chi connectivity index (χ3n) is 4.93. The number of pyridine rings is 1. The number of amides is 1. The van der Waals surface area contributed by atoms with Gasteiger partial charge in [-0.15, -0.1) is 0 Å². The summed E-state index contributed by atoms with van der Waals surface area (Å²) in [5.74, 6) is -0.822. The lowest BCUT2D eigenvalue weighted by molar-refractivity contribution is 0.0996. The molecule has 0 saturated carbocycles. The number of halogens is 1. The number of para-hydroxylation sites is 1. The van der Waals surface area contributed by atoms with Crippen molar-refractivity contribution in [1.82, 2.24) is 14.3 Å². The summed E-state index contributed by atoms with van der Waals surface area (Å²) in [6.45, 7) is 4.37. The summed E-state index contributed by atoms with van der Waals surface area (Å²) in [7, 11) is 0. The molecule has 5 nitrogen and oxygen atoms in total.